The molecular weight excluding hydrogens is 286 g/mol. The molecule has 0 aromatic carbocycles. The molecule has 0 bridgehead atoms. The molecule has 6 nitrogen and oxygen atoms in total. The molecule has 0 aliphatic heterocycles. The van der Waals surface area contributed by atoms with Crippen LogP contribution in [0.5, 0.6) is 0 Å². The summed E-state index contributed by atoms with van der Waals surface area (Å²) >= 11 is 0. The van der Waals surface area contributed by atoms with Crippen LogP contribution in [0.2, 0.25) is 0 Å². The van der Waals surface area contributed by atoms with Crippen molar-refractivity contribution in [2.45, 2.75) is 83.8 Å². The van der Waals surface area contributed by atoms with E-state index in [-0.39, 0.29) is 12.8 Å². The number of carboxylic acids is 1. The molecule has 0 spiro atoms. The van der Waals surface area contributed by atoms with Crippen LogP contribution in [0.3, 0.4) is 0 Å². The number of nitrogens with one attached hydrogen (secondary N) is 1. The lowest BCUT2D eigenvalue weighted by Gasteiger charge is -2.17. The Hall–Kier alpha value is -1.43. The Bertz CT molecular complexity index is 356. The Morgan fingerprint density at radius 3 is 2.18 bits per heavy atom. The van der Waals surface area contributed by atoms with Gasteiger partial charge in [0, 0.05) is 12.8 Å². The molecule has 0 aliphatic rings. The molecule has 6 heteroatoms. The van der Waals surface area contributed by atoms with Crippen molar-refractivity contribution in [1.82, 2.24) is 5.32 Å². The number of unbranched alkanes of at least 4 members (excludes halogenated alkanes) is 4. The second-order valence-corrected chi connectivity index (χ2v) is 5.63. The van der Waals surface area contributed by atoms with E-state index >= 15 is 0 Å². The van der Waals surface area contributed by atoms with Gasteiger partial charge < -0.3 is 15.5 Å². The highest BCUT2D eigenvalue weighted by Gasteiger charge is 2.25. The van der Waals surface area contributed by atoms with Crippen molar-refractivity contribution in [1.29, 1.82) is 0 Å². The molecule has 0 fully saturated rings. The van der Waals surface area contributed by atoms with Gasteiger partial charge in [0.2, 0.25) is 5.78 Å². The van der Waals surface area contributed by atoms with E-state index in [1.165, 1.54) is 0 Å². The quantitative estimate of drug-likeness (QED) is 0.356. The minimum atomic E-state index is -1.23. The molecule has 2 atom stereocenters. The van der Waals surface area contributed by atoms with Gasteiger partial charge in [-0.15, -0.1) is 0 Å². The molecule has 0 heterocycles. The SMILES string of the molecule is CCCCCCC(=O)C(=O)N[C@H](C[C@@H](O)CCCC)C(=O)O. The normalized spacial score (nSPS) is 13.4. The summed E-state index contributed by atoms with van der Waals surface area (Å²) in [6.45, 7) is 4.02. The Morgan fingerprint density at radius 2 is 1.64 bits per heavy atom. The van der Waals surface area contributed by atoms with Gasteiger partial charge in [0.1, 0.15) is 6.04 Å². The third-order valence-corrected chi connectivity index (χ3v) is 3.51. The van der Waals surface area contributed by atoms with Gasteiger partial charge in [-0.3, -0.25) is 9.59 Å². The number of ketones is 1. The van der Waals surface area contributed by atoms with E-state index in [9.17, 15) is 19.5 Å². The zero-order valence-corrected chi connectivity index (χ0v) is 13.6. The van der Waals surface area contributed by atoms with E-state index < -0.39 is 29.8 Å². The van der Waals surface area contributed by atoms with Crippen LogP contribution in [0.1, 0.15) is 71.6 Å². The molecular formula is C16H29NO5. The highest BCUT2D eigenvalue weighted by Crippen LogP contribution is 2.08. The summed E-state index contributed by atoms with van der Waals surface area (Å²) in [6.07, 6.45) is 5.01. The van der Waals surface area contributed by atoms with Gasteiger partial charge in [0.15, 0.2) is 0 Å². The number of aliphatic carboxylic acids is 1. The molecule has 0 unspecified atom stereocenters. The van der Waals surface area contributed by atoms with Crippen LogP contribution in [-0.4, -0.2) is 40.0 Å². The standard InChI is InChI=1S/C16H29NO5/c1-3-5-7-8-10-14(19)15(20)17-13(16(21)22)11-12(18)9-6-4-2/h12-13,18H,3-11H2,1-2H3,(H,17,20)(H,21,22)/t12-,13+/m0/s1. The third kappa shape index (κ3) is 9.50. The predicted octanol–water partition coefficient (Wildman–Crippen LogP) is 2.04. The van der Waals surface area contributed by atoms with Crippen molar-refractivity contribution in [3.8, 4) is 0 Å². The van der Waals surface area contributed by atoms with Crippen molar-refractivity contribution in [3.05, 3.63) is 0 Å². The summed E-state index contributed by atoms with van der Waals surface area (Å²) < 4.78 is 0. The maximum Gasteiger partial charge on any atom is 0.326 e. The highest BCUT2D eigenvalue weighted by molar-refractivity contribution is 6.36. The van der Waals surface area contributed by atoms with E-state index in [0.29, 0.717) is 12.8 Å². The Kier molecular flexibility index (Phi) is 11.4. The minimum Gasteiger partial charge on any atom is -0.480 e. The minimum absolute atomic E-state index is 0.0792. The summed E-state index contributed by atoms with van der Waals surface area (Å²) in [5.41, 5.74) is 0. The molecule has 0 rings (SSSR count). The van der Waals surface area contributed by atoms with Gasteiger partial charge in [-0.1, -0.05) is 46.0 Å². The van der Waals surface area contributed by atoms with E-state index in [1.54, 1.807) is 0 Å². The fourth-order valence-electron chi connectivity index (χ4n) is 2.12. The fraction of sp³-hybridized carbons (Fsp3) is 0.812. The highest BCUT2D eigenvalue weighted by atomic mass is 16.4. The van der Waals surface area contributed by atoms with Crippen LogP contribution in [-0.2, 0) is 14.4 Å². The molecule has 0 saturated carbocycles. The van der Waals surface area contributed by atoms with Crippen LogP contribution in [0.15, 0.2) is 0 Å². The zero-order chi connectivity index (χ0) is 17.0. The first-order chi connectivity index (χ1) is 10.4. The van der Waals surface area contributed by atoms with E-state index in [0.717, 1.165) is 32.1 Å². The van der Waals surface area contributed by atoms with E-state index in [2.05, 4.69) is 12.2 Å². The molecule has 0 radical (unpaired) electrons. The number of hydrogen-bond donors (Lipinski definition) is 3. The summed E-state index contributed by atoms with van der Waals surface area (Å²) in [4.78, 5) is 34.5. The zero-order valence-electron chi connectivity index (χ0n) is 13.6. The first kappa shape index (κ1) is 20.6. The molecule has 3 N–H and O–H groups in total. The maximum absolute atomic E-state index is 11.7. The van der Waals surface area contributed by atoms with Crippen LogP contribution >= 0.6 is 0 Å². The Labute approximate surface area is 132 Å². The van der Waals surface area contributed by atoms with Gasteiger partial charge in [0.25, 0.3) is 5.91 Å². The van der Waals surface area contributed by atoms with Crippen LogP contribution in [0.25, 0.3) is 0 Å². The number of hydrogen-bond acceptors (Lipinski definition) is 4. The van der Waals surface area contributed by atoms with Gasteiger partial charge in [0.05, 0.1) is 6.10 Å². The van der Waals surface area contributed by atoms with Gasteiger partial charge in [-0.2, -0.15) is 0 Å². The largest absolute Gasteiger partial charge is 0.480 e. The van der Waals surface area contributed by atoms with Gasteiger partial charge >= 0.3 is 5.97 Å². The number of Topliss-reactive ketones (excluding diaryl/α,β-unsaturated/α-hetero) is 1. The van der Waals surface area contributed by atoms with Crippen LogP contribution in [0, 0.1) is 0 Å². The number of carbonyl (C=O) groups excluding carboxylic acids is 2. The molecule has 0 aliphatic carbocycles. The summed E-state index contributed by atoms with van der Waals surface area (Å²) in [5, 5.41) is 21.1. The summed E-state index contributed by atoms with van der Waals surface area (Å²) in [7, 11) is 0. The van der Waals surface area contributed by atoms with E-state index in [4.69, 9.17) is 5.11 Å². The summed E-state index contributed by atoms with van der Waals surface area (Å²) in [5.74, 6) is -2.69. The maximum atomic E-state index is 11.7. The number of aliphatic hydroxyl groups is 1. The number of aliphatic hydroxyl groups excluding tert-OH is 1. The fourth-order valence-corrected chi connectivity index (χ4v) is 2.12. The van der Waals surface area contributed by atoms with Crippen molar-refractivity contribution in [3.63, 3.8) is 0 Å². The first-order valence-electron chi connectivity index (χ1n) is 8.16. The molecule has 0 saturated heterocycles. The lowest BCUT2D eigenvalue weighted by Crippen LogP contribution is -2.45. The van der Waals surface area contributed by atoms with Crippen molar-refractivity contribution in [2.24, 2.45) is 0 Å². The van der Waals surface area contributed by atoms with Gasteiger partial charge in [-0.25, -0.2) is 4.79 Å². The Morgan fingerprint density at radius 1 is 1.00 bits per heavy atom. The predicted molar refractivity (Wildman–Crippen MR) is 83.5 cm³/mol. The second-order valence-electron chi connectivity index (χ2n) is 5.63. The number of amides is 1. The Balaban J connectivity index is 4.28. The lowest BCUT2D eigenvalue weighted by atomic mass is 10.0. The summed E-state index contributed by atoms with van der Waals surface area (Å²) in [6, 6.07) is -1.22. The average Bonchev–Trinajstić information content (AvgIpc) is 2.48. The van der Waals surface area contributed by atoms with E-state index in [1.807, 2.05) is 6.92 Å². The van der Waals surface area contributed by atoms with Crippen molar-refractivity contribution >= 4 is 17.7 Å². The molecule has 128 valence electrons. The number of rotatable bonds is 13. The smallest absolute Gasteiger partial charge is 0.326 e. The average molecular weight is 315 g/mol. The molecule has 0 aromatic heterocycles. The van der Waals surface area contributed by atoms with Crippen LogP contribution in [0.4, 0.5) is 0 Å². The molecule has 1 amide bonds. The second kappa shape index (κ2) is 12.1. The monoisotopic (exact) mass is 315 g/mol. The van der Waals surface area contributed by atoms with Crippen molar-refractivity contribution < 1.29 is 24.6 Å². The van der Waals surface area contributed by atoms with Crippen molar-refractivity contribution in [2.75, 3.05) is 0 Å². The molecule has 0 aromatic rings. The van der Waals surface area contributed by atoms with Crippen LogP contribution < -0.4 is 5.32 Å². The third-order valence-electron chi connectivity index (χ3n) is 3.51. The number of carbonyl (C=O) groups is 3. The number of carboxylic acid groups (broad SMARTS) is 1. The van der Waals surface area contributed by atoms with Gasteiger partial charge in [-0.05, 0) is 12.8 Å². The topological polar surface area (TPSA) is 104 Å². The lowest BCUT2D eigenvalue weighted by molar-refractivity contribution is -0.145. The molecule has 22 heavy (non-hydrogen) atoms. The first-order valence-corrected chi connectivity index (χ1v) is 8.16.